The van der Waals surface area contributed by atoms with Gasteiger partial charge in [0.1, 0.15) is 5.28 Å². The molecule has 1 aromatic carbocycles. The standard InChI is InChI=1S/C11H17N2O4P/c1-11(18(2,16)17,12-8-10(14)13-15)9-6-4-3-5-7-9/h3-7,12,15H,8H2,1-2H3,(H,13,14)(H,16,17). The average molecular weight is 272 g/mol. The van der Waals surface area contributed by atoms with Crippen LogP contribution < -0.4 is 10.8 Å². The molecule has 0 aliphatic heterocycles. The molecule has 6 nitrogen and oxygen atoms in total. The van der Waals surface area contributed by atoms with Gasteiger partial charge in [-0.2, -0.15) is 0 Å². The first-order valence-electron chi connectivity index (χ1n) is 5.35. The maximum atomic E-state index is 12.0. The van der Waals surface area contributed by atoms with E-state index in [1.165, 1.54) is 12.1 Å². The van der Waals surface area contributed by atoms with Crippen LogP contribution in [-0.2, 0) is 14.6 Å². The van der Waals surface area contributed by atoms with Crippen LogP contribution in [0.2, 0.25) is 0 Å². The molecule has 2 unspecified atom stereocenters. The summed E-state index contributed by atoms with van der Waals surface area (Å²) in [4.78, 5) is 20.9. The van der Waals surface area contributed by atoms with Crippen molar-refractivity contribution in [1.29, 1.82) is 0 Å². The quantitative estimate of drug-likeness (QED) is 0.362. The van der Waals surface area contributed by atoms with Gasteiger partial charge in [0.05, 0.1) is 6.54 Å². The number of rotatable bonds is 5. The molecule has 0 aromatic heterocycles. The number of hydrogen-bond donors (Lipinski definition) is 4. The van der Waals surface area contributed by atoms with Crippen LogP contribution in [0.15, 0.2) is 30.3 Å². The maximum absolute atomic E-state index is 12.0. The summed E-state index contributed by atoms with van der Waals surface area (Å²) in [7, 11) is -3.55. The van der Waals surface area contributed by atoms with Crippen molar-refractivity contribution in [3.8, 4) is 0 Å². The summed E-state index contributed by atoms with van der Waals surface area (Å²) in [6.45, 7) is 2.51. The lowest BCUT2D eigenvalue weighted by molar-refractivity contribution is -0.128. The van der Waals surface area contributed by atoms with Crippen molar-refractivity contribution < 1.29 is 19.5 Å². The molecule has 0 aliphatic carbocycles. The molecule has 100 valence electrons. The number of carbonyl (C=O) groups is 1. The molecule has 1 amide bonds. The molecule has 0 aliphatic rings. The van der Waals surface area contributed by atoms with E-state index >= 15 is 0 Å². The third-order valence-corrected chi connectivity index (χ3v) is 4.96. The summed E-state index contributed by atoms with van der Waals surface area (Å²) in [5.41, 5.74) is 2.07. The Balaban J connectivity index is 3.05. The molecule has 0 radical (unpaired) electrons. The summed E-state index contributed by atoms with van der Waals surface area (Å²) in [5.74, 6) is -0.675. The number of amides is 1. The topological polar surface area (TPSA) is 98.7 Å². The molecule has 4 N–H and O–H groups in total. The molecule has 0 saturated heterocycles. The number of benzene rings is 1. The second-order valence-electron chi connectivity index (χ2n) is 4.21. The van der Waals surface area contributed by atoms with E-state index < -0.39 is 18.6 Å². The fourth-order valence-corrected chi connectivity index (χ4v) is 2.54. The molecule has 0 fully saturated rings. The van der Waals surface area contributed by atoms with Crippen molar-refractivity contribution in [3.63, 3.8) is 0 Å². The van der Waals surface area contributed by atoms with Gasteiger partial charge in [0, 0.05) is 6.66 Å². The lowest BCUT2D eigenvalue weighted by Crippen LogP contribution is -2.44. The zero-order valence-electron chi connectivity index (χ0n) is 10.3. The van der Waals surface area contributed by atoms with Crippen molar-refractivity contribution >= 4 is 13.3 Å². The summed E-state index contributed by atoms with van der Waals surface area (Å²) in [6, 6.07) is 8.70. The first kappa shape index (κ1) is 14.9. The summed E-state index contributed by atoms with van der Waals surface area (Å²) < 4.78 is 12.0. The van der Waals surface area contributed by atoms with Crippen molar-refractivity contribution in [2.24, 2.45) is 0 Å². The number of carbonyl (C=O) groups excluding carboxylic acids is 1. The minimum Gasteiger partial charge on any atom is -0.343 e. The fourth-order valence-electron chi connectivity index (χ4n) is 1.54. The number of nitrogens with one attached hydrogen (secondary N) is 2. The Morgan fingerprint density at radius 2 is 1.94 bits per heavy atom. The molecule has 0 heterocycles. The third kappa shape index (κ3) is 3.17. The Morgan fingerprint density at radius 1 is 1.39 bits per heavy atom. The lowest BCUT2D eigenvalue weighted by Gasteiger charge is -2.33. The Morgan fingerprint density at radius 3 is 2.39 bits per heavy atom. The fraction of sp³-hybridized carbons (Fsp3) is 0.364. The average Bonchev–Trinajstić information content (AvgIpc) is 2.35. The summed E-state index contributed by atoms with van der Waals surface area (Å²) in [5, 5.41) is 9.90. The molecule has 0 bridgehead atoms. The van der Waals surface area contributed by atoms with Crippen LogP contribution in [0.1, 0.15) is 12.5 Å². The van der Waals surface area contributed by atoms with Gasteiger partial charge in [0.2, 0.25) is 7.37 Å². The van der Waals surface area contributed by atoms with E-state index in [4.69, 9.17) is 5.21 Å². The lowest BCUT2D eigenvalue weighted by atomic mass is 10.1. The highest BCUT2D eigenvalue weighted by molar-refractivity contribution is 7.58. The second-order valence-corrected chi connectivity index (χ2v) is 6.86. The monoisotopic (exact) mass is 272 g/mol. The van der Waals surface area contributed by atoms with Crippen LogP contribution in [0.3, 0.4) is 0 Å². The van der Waals surface area contributed by atoms with Gasteiger partial charge in [-0.05, 0) is 12.5 Å². The highest BCUT2D eigenvalue weighted by atomic mass is 31.2. The Bertz CT molecular complexity index is 459. The van der Waals surface area contributed by atoms with E-state index in [9.17, 15) is 14.3 Å². The van der Waals surface area contributed by atoms with Gasteiger partial charge < -0.3 is 4.89 Å². The predicted molar refractivity (Wildman–Crippen MR) is 67.5 cm³/mol. The Hall–Kier alpha value is -1.20. The number of hydrogen-bond acceptors (Lipinski definition) is 4. The van der Waals surface area contributed by atoms with E-state index in [0.29, 0.717) is 5.56 Å². The van der Waals surface area contributed by atoms with Gasteiger partial charge in [0.25, 0.3) is 5.91 Å². The van der Waals surface area contributed by atoms with Gasteiger partial charge in [0.15, 0.2) is 0 Å². The van der Waals surface area contributed by atoms with Gasteiger partial charge in [-0.3, -0.25) is 19.9 Å². The molecular weight excluding hydrogens is 255 g/mol. The van der Waals surface area contributed by atoms with E-state index in [1.807, 2.05) is 0 Å². The summed E-state index contributed by atoms with van der Waals surface area (Å²) >= 11 is 0. The molecule has 0 spiro atoms. The zero-order chi connectivity index (χ0) is 13.8. The van der Waals surface area contributed by atoms with Crippen LogP contribution in [0.4, 0.5) is 0 Å². The van der Waals surface area contributed by atoms with Gasteiger partial charge in [-0.25, -0.2) is 5.48 Å². The largest absolute Gasteiger partial charge is 0.343 e. The molecule has 18 heavy (non-hydrogen) atoms. The van der Waals surface area contributed by atoms with Crippen molar-refractivity contribution in [3.05, 3.63) is 35.9 Å². The van der Waals surface area contributed by atoms with Gasteiger partial charge in [-0.1, -0.05) is 30.3 Å². The van der Waals surface area contributed by atoms with Crippen LogP contribution in [0.5, 0.6) is 0 Å². The second kappa shape index (κ2) is 5.63. The van der Waals surface area contributed by atoms with Crippen molar-refractivity contribution in [2.75, 3.05) is 13.2 Å². The highest BCUT2D eigenvalue weighted by Gasteiger charge is 2.41. The van der Waals surface area contributed by atoms with Crippen LogP contribution in [0, 0.1) is 0 Å². The molecule has 1 aromatic rings. The molecule has 7 heteroatoms. The number of hydroxylamine groups is 1. The Labute approximate surface area is 105 Å². The molecule has 0 saturated carbocycles. The SMILES string of the molecule is CC(NCC(=O)NO)(c1ccccc1)P(C)(=O)O. The van der Waals surface area contributed by atoms with Crippen LogP contribution >= 0.6 is 7.37 Å². The molecular formula is C11H17N2O4P. The molecule has 2 atom stereocenters. The minimum atomic E-state index is -3.55. The maximum Gasteiger partial charge on any atom is 0.257 e. The summed E-state index contributed by atoms with van der Waals surface area (Å²) in [6.07, 6.45) is 0. The Kier molecular flexibility index (Phi) is 4.65. The van der Waals surface area contributed by atoms with E-state index in [2.05, 4.69) is 5.32 Å². The van der Waals surface area contributed by atoms with E-state index in [0.717, 1.165) is 0 Å². The zero-order valence-corrected chi connectivity index (χ0v) is 11.1. The third-order valence-electron chi connectivity index (χ3n) is 2.88. The smallest absolute Gasteiger partial charge is 0.257 e. The van der Waals surface area contributed by atoms with Crippen molar-refractivity contribution in [1.82, 2.24) is 10.8 Å². The van der Waals surface area contributed by atoms with Crippen molar-refractivity contribution in [2.45, 2.75) is 12.2 Å². The highest BCUT2D eigenvalue weighted by Crippen LogP contribution is 2.55. The first-order valence-corrected chi connectivity index (χ1v) is 7.46. The van der Waals surface area contributed by atoms with E-state index in [1.54, 1.807) is 37.3 Å². The van der Waals surface area contributed by atoms with Gasteiger partial charge in [-0.15, -0.1) is 0 Å². The predicted octanol–water partition coefficient (Wildman–Crippen LogP) is 0.854. The normalized spacial score (nSPS) is 17.6. The van der Waals surface area contributed by atoms with Crippen LogP contribution in [-0.4, -0.2) is 29.2 Å². The van der Waals surface area contributed by atoms with E-state index in [-0.39, 0.29) is 6.54 Å². The molecule has 1 rings (SSSR count). The minimum absolute atomic E-state index is 0.264. The van der Waals surface area contributed by atoms with Crippen LogP contribution in [0.25, 0.3) is 0 Å². The van der Waals surface area contributed by atoms with Gasteiger partial charge >= 0.3 is 0 Å². The first-order chi connectivity index (χ1) is 8.31.